The summed E-state index contributed by atoms with van der Waals surface area (Å²) in [6.45, 7) is -0.147. The van der Waals surface area contributed by atoms with Crippen LogP contribution in [0.5, 0.6) is 5.75 Å². The van der Waals surface area contributed by atoms with Crippen molar-refractivity contribution in [2.75, 3.05) is 11.9 Å². The van der Waals surface area contributed by atoms with E-state index in [1.54, 1.807) is 48.5 Å². The predicted octanol–water partition coefficient (Wildman–Crippen LogP) is 4.61. The van der Waals surface area contributed by atoms with Crippen LogP contribution in [0.1, 0.15) is 37.7 Å². The van der Waals surface area contributed by atoms with Gasteiger partial charge >= 0.3 is 0 Å². The first-order valence-electron chi connectivity index (χ1n) is 9.41. The second-order valence-electron chi connectivity index (χ2n) is 7.06. The number of amides is 1. The first-order chi connectivity index (χ1) is 13.4. The molecule has 0 atom stereocenters. The lowest BCUT2D eigenvalue weighted by atomic mass is 10.0. The minimum Gasteiger partial charge on any atom is -0.484 e. The lowest BCUT2D eigenvalue weighted by Gasteiger charge is -2.21. The molecule has 0 saturated heterocycles. The quantitative estimate of drug-likeness (QED) is 0.708. The summed E-state index contributed by atoms with van der Waals surface area (Å²) in [5.41, 5.74) is 1.24. The molecular weight excluding hydrogens is 398 g/mol. The number of carbonyl (C=O) groups is 1. The van der Waals surface area contributed by atoms with Crippen LogP contribution in [0.25, 0.3) is 0 Å². The fourth-order valence-corrected chi connectivity index (χ4v) is 5.45. The molecule has 1 aliphatic carbocycles. The lowest BCUT2D eigenvalue weighted by molar-refractivity contribution is -0.118. The van der Waals surface area contributed by atoms with E-state index in [9.17, 15) is 13.2 Å². The minimum absolute atomic E-state index is 0.00263. The highest BCUT2D eigenvalue weighted by atomic mass is 35.5. The van der Waals surface area contributed by atoms with Gasteiger partial charge in [-0.1, -0.05) is 43.0 Å². The molecule has 1 saturated carbocycles. The molecule has 0 spiro atoms. The number of hydrogen-bond donors (Lipinski definition) is 1. The Morgan fingerprint density at radius 3 is 2.50 bits per heavy atom. The average molecular weight is 422 g/mol. The smallest absolute Gasteiger partial charge is 0.262 e. The van der Waals surface area contributed by atoms with Crippen molar-refractivity contribution in [3.8, 4) is 5.75 Å². The summed E-state index contributed by atoms with van der Waals surface area (Å²) in [4.78, 5) is 12.1. The van der Waals surface area contributed by atoms with Crippen molar-refractivity contribution in [3.63, 3.8) is 0 Å². The van der Waals surface area contributed by atoms with E-state index in [1.165, 1.54) is 0 Å². The van der Waals surface area contributed by atoms with E-state index in [0.29, 0.717) is 22.0 Å². The summed E-state index contributed by atoms with van der Waals surface area (Å²) < 4.78 is 30.7. The van der Waals surface area contributed by atoms with Crippen molar-refractivity contribution in [1.29, 1.82) is 0 Å². The molecule has 5 nitrogen and oxygen atoms in total. The summed E-state index contributed by atoms with van der Waals surface area (Å²) in [7, 11) is -3.18. The van der Waals surface area contributed by atoms with E-state index in [0.717, 1.165) is 32.1 Å². The van der Waals surface area contributed by atoms with Gasteiger partial charge in [0.2, 0.25) is 0 Å². The van der Waals surface area contributed by atoms with Crippen LogP contribution in [-0.2, 0) is 20.4 Å². The Kier molecular flexibility index (Phi) is 6.97. The van der Waals surface area contributed by atoms with Gasteiger partial charge in [0.15, 0.2) is 16.4 Å². The molecule has 0 bridgehead atoms. The molecule has 28 heavy (non-hydrogen) atoms. The SMILES string of the molecule is O=C(COc1ccc(Cl)cc1)Nc1cccc(CS(=O)(=O)C2CCCCC2)c1. The van der Waals surface area contributed by atoms with Crippen LogP contribution in [0.4, 0.5) is 5.69 Å². The van der Waals surface area contributed by atoms with Gasteiger partial charge in [-0.3, -0.25) is 4.79 Å². The van der Waals surface area contributed by atoms with Crippen LogP contribution in [0.3, 0.4) is 0 Å². The highest BCUT2D eigenvalue weighted by Crippen LogP contribution is 2.26. The van der Waals surface area contributed by atoms with Crippen molar-refractivity contribution in [3.05, 3.63) is 59.1 Å². The van der Waals surface area contributed by atoms with Gasteiger partial charge in [-0.25, -0.2) is 8.42 Å². The Labute approximate surface area is 171 Å². The number of anilines is 1. The third-order valence-electron chi connectivity index (χ3n) is 4.82. The molecule has 1 N–H and O–H groups in total. The fraction of sp³-hybridized carbons (Fsp3) is 0.381. The van der Waals surface area contributed by atoms with Crippen LogP contribution < -0.4 is 10.1 Å². The number of rotatable bonds is 7. The van der Waals surface area contributed by atoms with Crippen molar-refractivity contribution < 1.29 is 17.9 Å². The van der Waals surface area contributed by atoms with Crippen LogP contribution in [0.2, 0.25) is 5.02 Å². The maximum absolute atomic E-state index is 12.7. The van der Waals surface area contributed by atoms with Crippen LogP contribution in [-0.4, -0.2) is 26.2 Å². The van der Waals surface area contributed by atoms with Gasteiger partial charge in [-0.2, -0.15) is 0 Å². The zero-order valence-electron chi connectivity index (χ0n) is 15.6. The van der Waals surface area contributed by atoms with Crippen molar-refractivity contribution in [2.24, 2.45) is 0 Å². The molecule has 0 heterocycles. The largest absolute Gasteiger partial charge is 0.484 e. The number of ether oxygens (including phenoxy) is 1. The topological polar surface area (TPSA) is 72.5 Å². The summed E-state index contributed by atoms with van der Waals surface area (Å²) >= 11 is 5.81. The molecule has 0 unspecified atom stereocenters. The molecule has 7 heteroatoms. The van der Waals surface area contributed by atoms with Crippen LogP contribution in [0.15, 0.2) is 48.5 Å². The van der Waals surface area contributed by atoms with Gasteiger partial charge in [0.25, 0.3) is 5.91 Å². The van der Waals surface area contributed by atoms with Crippen LogP contribution >= 0.6 is 11.6 Å². The normalized spacial score (nSPS) is 15.2. The molecule has 3 rings (SSSR count). The molecule has 1 aliphatic rings. The highest BCUT2D eigenvalue weighted by Gasteiger charge is 2.27. The first kappa shape index (κ1) is 20.7. The van der Waals surface area contributed by atoms with E-state index < -0.39 is 9.84 Å². The Morgan fingerprint density at radius 1 is 1.07 bits per heavy atom. The number of hydrogen-bond acceptors (Lipinski definition) is 4. The van der Waals surface area contributed by atoms with E-state index in [4.69, 9.17) is 16.3 Å². The molecule has 1 fully saturated rings. The molecule has 1 amide bonds. The maximum Gasteiger partial charge on any atom is 0.262 e. The molecular formula is C21H24ClNO4S. The minimum atomic E-state index is -3.18. The number of carbonyl (C=O) groups excluding carboxylic acids is 1. The number of halogens is 1. The van der Waals surface area contributed by atoms with Crippen molar-refractivity contribution in [2.45, 2.75) is 43.1 Å². The van der Waals surface area contributed by atoms with Gasteiger partial charge in [-0.05, 0) is 54.8 Å². The summed E-state index contributed by atoms with van der Waals surface area (Å²) in [6.07, 6.45) is 4.58. The Hall–Kier alpha value is -2.05. The zero-order valence-corrected chi connectivity index (χ0v) is 17.1. The maximum atomic E-state index is 12.7. The molecule has 150 valence electrons. The summed E-state index contributed by atoms with van der Waals surface area (Å²) in [5, 5.41) is 3.10. The monoisotopic (exact) mass is 421 g/mol. The lowest BCUT2D eigenvalue weighted by Crippen LogP contribution is -2.25. The number of benzene rings is 2. The van der Waals surface area contributed by atoms with Crippen molar-refractivity contribution >= 4 is 33.0 Å². The van der Waals surface area contributed by atoms with Gasteiger partial charge in [-0.15, -0.1) is 0 Å². The van der Waals surface area contributed by atoms with Gasteiger partial charge in [0.1, 0.15) is 5.75 Å². The highest BCUT2D eigenvalue weighted by molar-refractivity contribution is 7.91. The summed E-state index contributed by atoms with van der Waals surface area (Å²) in [5.74, 6) is 0.233. The third kappa shape index (κ3) is 5.97. The second-order valence-corrected chi connectivity index (χ2v) is 9.78. The van der Waals surface area contributed by atoms with Crippen LogP contribution in [0, 0.1) is 0 Å². The summed E-state index contributed by atoms with van der Waals surface area (Å²) in [6, 6.07) is 13.7. The van der Waals surface area contributed by atoms with Gasteiger partial charge in [0, 0.05) is 10.7 Å². The average Bonchev–Trinajstić information content (AvgIpc) is 2.68. The van der Waals surface area contributed by atoms with Gasteiger partial charge in [0.05, 0.1) is 11.0 Å². The van der Waals surface area contributed by atoms with E-state index in [2.05, 4.69) is 5.32 Å². The Bertz CT molecular complexity index is 906. The Morgan fingerprint density at radius 2 is 1.79 bits per heavy atom. The third-order valence-corrected chi connectivity index (χ3v) is 7.30. The molecule has 0 aromatic heterocycles. The Balaban J connectivity index is 1.56. The molecule has 2 aromatic carbocycles. The number of sulfone groups is 1. The molecule has 0 radical (unpaired) electrons. The number of nitrogens with one attached hydrogen (secondary N) is 1. The van der Waals surface area contributed by atoms with Gasteiger partial charge < -0.3 is 10.1 Å². The van der Waals surface area contributed by atoms with E-state index in [1.807, 2.05) is 0 Å². The fourth-order valence-electron chi connectivity index (χ4n) is 3.39. The first-order valence-corrected chi connectivity index (χ1v) is 11.5. The zero-order chi connectivity index (χ0) is 20.0. The predicted molar refractivity (Wildman–Crippen MR) is 112 cm³/mol. The van der Waals surface area contributed by atoms with E-state index in [-0.39, 0.29) is 23.5 Å². The van der Waals surface area contributed by atoms with Crippen molar-refractivity contribution in [1.82, 2.24) is 0 Å². The standard InChI is InChI=1S/C21H24ClNO4S/c22-17-9-11-19(12-10-17)27-14-21(24)23-18-6-4-5-16(13-18)15-28(25,26)20-7-2-1-3-8-20/h4-6,9-13,20H,1-3,7-8,14-15H2,(H,23,24). The van der Waals surface area contributed by atoms with E-state index >= 15 is 0 Å². The molecule has 0 aliphatic heterocycles. The second kappa shape index (κ2) is 9.43. The molecule has 2 aromatic rings.